The van der Waals surface area contributed by atoms with Crippen LogP contribution >= 0.6 is 0 Å². The van der Waals surface area contributed by atoms with Crippen LogP contribution in [0.2, 0.25) is 0 Å². The van der Waals surface area contributed by atoms with Crippen LogP contribution in [0.3, 0.4) is 0 Å². The van der Waals surface area contributed by atoms with Crippen molar-refractivity contribution in [2.75, 3.05) is 31.7 Å². The fourth-order valence-electron chi connectivity index (χ4n) is 3.23. The fraction of sp³-hybridized carbons (Fsp3) is 0.300. The first kappa shape index (κ1) is 17.2. The third-order valence-corrected chi connectivity index (χ3v) is 4.52. The van der Waals surface area contributed by atoms with Crippen LogP contribution in [0, 0.1) is 0 Å². The first-order valence-corrected chi connectivity index (χ1v) is 8.37. The average Bonchev–Trinajstić information content (AvgIpc) is 2.65. The number of ether oxygens (including phenoxy) is 1. The Bertz CT molecular complexity index is 761. The van der Waals surface area contributed by atoms with Gasteiger partial charge in [-0.2, -0.15) is 0 Å². The van der Waals surface area contributed by atoms with Gasteiger partial charge in [0.1, 0.15) is 12.6 Å². The van der Waals surface area contributed by atoms with Crippen LogP contribution in [-0.2, 0) is 14.3 Å². The number of carbonyl (C=O) groups is 2. The van der Waals surface area contributed by atoms with Gasteiger partial charge < -0.3 is 14.5 Å². The summed E-state index contributed by atoms with van der Waals surface area (Å²) in [6.45, 7) is 2.74. The Morgan fingerprint density at radius 2 is 1.76 bits per heavy atom. The van der Waals surface area contributed by atoms with Gasteiger partial charge in [0.2, 0.25) is 11.8 Å². The zero-order valence-corrected chi connectivity index (χ0v) is 14.5. The van der Waals surface area contributed by atoms with Crippen molar-refractivity contribution in [1.29, 1.82) is 0 Å². The minimum atomic E-state index is -0.500. The largest absolute Gasteiger partial charge is 0.375 e. The molecule has 2 amide bonds. The molecule has 2 aromatic carbocycles. The Balaban J connectivity index is 1.89. The minimum absolute atomic E-state index is 0.00176. The molecule has 130 valence electrons. The summed E-state index contributed by atoms with van der Waals surface area (Å²) in [5.41, 5.74) is 2.96. The lowest BCUT2D eigenvalue weighted by atomic mass is 10.0. The molecule has 1 unspecified atom stereocenters. The van der Waals surface area contributed by atoms with Crippen molar-refractivity contribution < 1.29 is 14.3 Å². The second-order valence-corrected chi connectivity index (χ2v) is 6.07. The van der Waals surface area contributed by atoms with E-state index >= 15 is 0 Å². The molecule has 0 spiro atoms. The third-order valence-electron chi connectivity index (χ3n) is 4.52. The van der Waals surface area contributed by atoms with E-state index < -0.39 is 6.04 Å². The Morgan fingerprint density at radius 1 is 1.08 bits per heavy atom. The molecule has 1 aliphatic heterocycles. The van der Waals surface area contributed by atoms with E-state index in [-0.39, 0.29) is 18.4 Å². The number of rotatable bonds is 4. The van der Waals surface area contributed by atoms with Crippen molar-refractivity contribution in [1.82, 2.24) is 4.90 Å². The molecular formula is C20H22N2O3. The number of methoxy groups -OCH3 is 1. The molecule has 0 radical (unpaired) electrons. The zero-order valence-electron chi connectivity index (χ0n) is 14.5. The van der Waals surface area contributed by atoms with Gasteiger partial charge in [-0.25, -0.2) is 0 Å². The second-order valence-electron chi connectivity index (χ2n) is 6.07. The summed E-state index contributed by atoms with van der Waals surface area (Å²) in [4.78, 5) is 28.4. The van der Waals surface area contributed by atoms with Crippen molar-refractivity contribution in [3.8, 4) is 11.1 Å². The lowest BCUT2D eigenvalue weighted by Gasteiger charge is -2.39. The van der Waals surface area contributed by atoms with Gasteiger partial charge in [-0.15, -0.1) is 0 Å². The van der Waals surface area contributed by atoms with Crippen LogP contribution in [0.25, 0.3) is 11.1 Å². The minimum Gasteiger partial charge on any atom is -0.375 e. The predicted octanol–water partition coefficient (Wildman–Crippen LogP) is 2.56. The molecule has 0 aliphatic carbocycles. The summed E-state index contributed by atoms with van der Waals surface area (Å²) in [5, 5.41) is 0. The smallest absolute Gasteiger partial charge is 0.249 e. The van der Waals surface area contributed by atoms with E-state index in [9.17, 15) is 9.59 Å². The summed E-state index contributed by atoms with van der Waals surface area (Å²) in [6.07, 6.45) is 0. The average molecular weight is 338 g/mol. The van der Waals surface area contributed by atoms with Crippen molar-refractivity contribution in [3.05, 3.63) is 54.6 Å². The Hall–Kier alpha value is -2.66. The number of amides is 2. The monoisotopic (exact) mass is 338 g/mol. The highest BCUT2D eigenvalue weighted by atomic mass is 16.5. The van der Waals surface area contributed by atoms with E-state index in [1.807, 2.05) is 54.6 Å². The van der Waals surface area contributed by atoms with E-state index in [0.717, 1.165) is 16.8 Å². The van der Waals surface area contributed by atoms with Gasteiger partial charge in [0.25, 0.3) is 0 Å². The maximum atomic E-state index is 12.9. The number of anilines is 1. The molecule has 5 nitrogen and oxygen atoms in total. The number of carbonyl (C=O) groups excluding carboxylic acids is 2. The standard InChI is InChI=1S/C20H22N2O3/c1-15-20(24)22(13-12-21(15)19(23)14-25-2)18-11-7-6-10-17(18)16-8-4-3-5-9-16/h3-11,15H,12-14H2,1-2H3. The van der Waals surface area contributed by atoms with Gasteiger partial charge in [-0.3, -0.25) is 9.59 Å². The number of hydrogen-bond acceptors (Lipinski definition) is 3. The van der Waals surface area contributed by atoms with E-state index in [0.29, 0.717) is 13.1 Å². The molecular weight excluding hydrogens is 316 g/mol. The Morgan fingerprint density at radius 3 is 2.48 bits per heavy atom. The number of hydrogen-bond donors (Lipinski definition) is 0. The summed E-state index contributed by atoms with van der Waals surface area (Å²) in [5.74, 6) is -0.224. The molecule has 1 saturated heterocycles. The lowest BCUT2D eigenvalue weighted by molar-refractivity contribution is -0.143. The maximum absolute atomic E-state index is 12.9. The number of nitrogens with zero attached hydrogens (tertiary/aromatic N) is 2. The molecule has 5 heteroatoms. The lowest BCUT2D eigenvalue weighted by Crippen LogP contribution is -2.58. The number of para-hydroxylation sites is 1. The fourth-order valence-corrected chi connectivity index (χ4v) is 3.23. The van der Waals surface area contributed by atoms with Gasteiger partial charge in [0.15, 0.2) is 0 Å². The van der Waals surface area contributed by atoms with Gasteiger partial charge in [-0.05, 0) is 18.6 Å². The van der Waals surface area contributed by atoms with Gasteiger partial charge >= 0.3 is 0 Å². The molecule has 0 N–H and O–H groups in total. The van der Waals surface area contributed by atoms with Crippen molar-refractivity contribution in [2.45, 2.75) is 13.0 Å². The van der Waals surface area contributed by atoms with Crippen LogP contribution in [-0.4, -0.2) is 49.6 Å². The van der Waals surface area contributed by atoms with Gasteiger partial charge in [0.05, 0.1) is 5.69 Å². The van der Waals surface area contributed by atoms with Crippen LogP contribution in [0.4, 0.5) is 5.69 Å². The summed E-state index contributed by atoms with van der Waals surface area (Å²) >= 11 is 0. The normalized spacial score (nSPS) is 17.7. The van der Waals surface area contributed by atoms with E-state index in [1.165, 1.54) is 7.11 Å². The highest BCUT2D eigenvalue weighted by Gasteiger charge is 2.35. The highest BCUT2D eigenvalue weighted by Crippen LogP contribution is 2.32. The maximum Gasteiger partial charge on any atom is 0.249 e. The highest BCUT2D eigenvalue weighted by molar-refractivity contribution is 6.03. The molecule has 1 fully saturated rings. The van der Waals surface area contributed by atoms with Crippen molar-refractivity contribution in [3.63, 3.8) is 0 Å². The quantitative estimate of drug-likeness (QED) is 0.861. The summed E-state index contributed by atoms with van der Waals surface area (Å²) in [6, 6.07) is 17.4. The van der Waals surface area contributed by atoms with E-state index in [1.54, 1.807) is 16.7 Å². The van der Waals surface area contributed by atoms with E-state index in [4.69, 9.17) is 4.74 Å². The second kappa shape index (κ2) is 7.49. The Kier molecular flexibility index (Phi) is 5.14. The summed E-state index contributed by atoms with van der Waals surface area (Å²) < 4.78 is 4.91. The van der Waals surface area contributed by atoms with Crippen LogP contribution < -0.4 is 4.90 Å². The van der Waals surface area contributed by atoms with Crippen LogP contribution in [0.15, 0.2) is 54.6 Å². The van der Waals surface area contributed by atoms with Crippen molar-refractivity contribution in [2.24, 2.45) is 0 Å². The first-order chi connectivity index (χ1) is 12.1. The van der Waals surface area contributed by atoms with Gasteiger partial charge in [-0.1, -0.05) is 48.5 Å². The molecule has 0 saturated carbocycles. The summed E-state index contributed by atoms with van der Waals surface area (Å²) in [7, 11) is 1.48. The topological polar surface area (TPSA) is 49.9 Å². The third kappa shape index (κ3) is 3.42. The molecule has 0 aromatic heterocycles. The number of benzene rings is 2. The van der Waals surface area contributed by atoms with Crippen LogP contribution in [0.1, 0.15) is 6.92 Å². The molecule has 3 rings (SSSR count). The number of piperazine rings is 1. The Labute approximate surface area is 147 Å². The molecule has 2 aromatic rings. The van der Waals surface area contributed by atoms with E-state index in [2.05, 4.69) is 0 Å². The zero-order chi connectivity index (χ0) is 17.8. The molecule has 1 atom stereocenters. The van der Waals surface area contributed by atoms with Crippen LogP contribution in [0.5, 0.6) is 0 Å². The SMILES string of the molecule is COCC(=O)N1CCN(c2ccccc2-c2ccccc2)C(=O)C1C. The molecule has 0 bridgehead atoms. The molecule has 25 heavy (non-hydrogen) atoms. The predicted molar refractivity (Wildman–Crippen MR) is 97.3 cm³/mol. The van der Waals surface area contributed by atoms with Gasteiger partial charge in [0, 0.05) is 25.8 Å². The first-order valence-electron chi connectivity index (χ1n) is 8.37. The molecule has 1 heterocycles. The molecule has 1 aliphatic rings. The van der Waals surface area contributed by atoms with Crippen molar-refractivity contribution >= 4 is 17.5 Å².